The van der Waals surface area contributed by atoms with Gasteiger partial charge in [0, 0.05) is 21.2 Å². The average Bonchev–Trinajstić information content (AvgIpc) is 2.74. The van der Waals surface area contributed by atoms with Crippen LogP contribution in [0.3, 0.4) is 0 Å². The molecule has 102 valence electrons. The number of hydrogen-bond acceptors (Lipinski definition) is 2. The van der Waals surface area contributed by atoms with Gasteiger partial charge in [-0.3, -0.25) is 0 Å². The predicted molar refractivity (Wildman–Crippen MR) is 72.1 cm³/mol. The third-order valence-electron chi connectivity index (χ3n) is 2.62. The Labute approximate surface area is 120 Å². The highest BCUT2D eigenvalue weighted by molar-refractivity contribution is 9.10. The quantitative estimate of drug-likeness (QED) is 0.842. The van der Waals surface area contributed by atoms with E-state index in [9.17, 15) is 18.3 Å². The van der Waals surface area contributed by atoms with Crippen molar-refractivity contribution in [3.8, 4) is 0 Å². The Balaban J connectivity index is 2.17. The zero-order valence-corrected chi connectivity index (χ0v) is 12.0. The molecule has 0 amide bonds. The molecule has 0 saturated heterocycles. The molecule has 1 heterocycles. The molecular weight excluding hydrogens is 341 g/mol. The van der Waals surface area contributed by atoms with Crippen LogP contribution in [-0.2, 0) is 12.6 Å². The first-order chi connectivity index (χ1) is 8.86. The molecule has 1 aromatic heterocycles. The van der Waals surface area contributed by atoms with E-state index in [-0.39, 0.29) is 5.56 Å². The van der Waals surface area contributed by atoms with Gasteiger partial charge in [-0.15, -0.1) is 11.3 Å². The van der Waals surface area contributed by atoms with Crippen LogP contribution in [0.5, 0.6) is 0 Å². The lowest BCUT2D eigenvalue weighted by molar-refractivity contribution is -0.137. The molecule has 1 unspecified atom stereocenters. The summed E-state index contributed by atoms with van der Waals surface area (Å²) < 4.78 is 38.6. The van der Waals surface area contributed by atoms with Crippen LogP contribution in [0, 0.1) is 0 Å². The maximum absolute atomic E-state index is 12.6. The molecule has 0 aliphatic heterocycles. The molecule has 19 heavy (non-hydrogen) atoms. The molecule has 6 heteroatoms. The highest BCUT2D eigenvalue weighted by Crippen LogP contribution is 2.32. The van der Waals surface area contributed by atoms with E-state index < -0.39 is 17.8 Å². The van der Waals surface area contributed by atoms with Crippen molar-refractivity contribution < 1.29 is 18.3 Å². The van der Waals surface area contributed by atoms with Gasteiger partial charge >= 0.3 is 6.18 Å². The van der Waals surface area contributed by atoms with Gasteiger partial charge in [-0.1, -0.05) is 12.1 Å². The maximum Gasteiger partial charge on any atom is 0.416 e. The number of alkyl halides is 3. The fourth-order valence-corrected chi connectivity index (χ4v) is 3.18. The van der Waals surface area contributed by atoms with E-state index in [2.05, 4.69) is 15.9 Å². The van der Waals surface area contributed by atoms with Crippen LogP contribution in [0.4, 0.5) is 13.2 Å². The van der Waals surface area contributed by atoms with Crippen molar-refractivity contribution >= 4 is 27.3 Å². The average molecular weight is 351 g/mol. The van der Waals surface area contributed by atoms with Crippen molar-refractivity contribution in [3.05, 3.63) is 56.2 Å². The molecule has 0 bridgehead atoms. The smallest absolute Gasteiger partial charge is 0.388 e. The van der Waals surface area contributed by atoms with Gasteiger partial charge < -0.3 is 5.11 Å². The molecule has 2 aromatic rings. The van der Waals surface area contributed by atoms with E-state index in [4.69, 9.17) is 0 Å². The molecule has 1 N–H and O–H groups in total. The van der Waals surface area contributed by atoms with Crippen LogP contribution in [0.1, 0.15) is 22.1 Å². The van der Waals surface area contributed by atoms with Crippen molar-refractivity contribution in [2.45, 2.75) is 18.7 Å². The third-order valence-corrected chi connectivity index (χ3v) is 4.33. The summed E-state index contributed by atoms with van der Waals surface area (Å²) in [6.07, 6.45) is -5.02. The molecule has 0 aliphatic carbocycles. The Morgan fingerprint density at radius 2 is 2.00 bits per heavy atom. The Morgan fingerprint density at radius 3 is 2.58 bits per heavy atom. The van der Waals surface area contributed by atoms with E-state index in [1.165, 1.54) is 23.5 Å². The zero-order chi connectivity index (χ0) is 14.0. The molecule has 1 atom stereocenters. The van der Waals surface area contributed by atoms with Crippen LogP contribution in [0.15, 0.2) is 40.2 Å². The summed E-state index contributed by atoms with van der Waals surface area (Å²) in [5.74, 6) is 0. The largest absolute Gasteiger partial charge is 0.416 e. The van der Waals surface area contributed by atoms with Crippen LogP contribution >= 0.6 is 27.3 Å². The monoisotopic (exact) mass is 350 g/mol. The van der Waals surface area contributed by atoms with Crippen LogP contribution < -0.4 is 0 Å². The first kappa shape index (κ1) is 14.6. The molecule has 1 nitrogen and oxygen atoms in total. The van der Waals surface area contributed by atoms with Crippen molar-refractivity contribution in [3.63, 3.8) is 0 Å². The van der Waals surface area contributed by atoms with Crippen molar-refractivity contribution in [2.24, 2.45) is 0 Å². The summed E-state index contributed by atoms with van der Waals surface area (Å²) in [5, 5.41) is 11.9. The van der Waals surface area contributed by atoms with Crippen LogP contribution in [-0.4, -0.2) is 5.11 Å². The summed E-state index contributed by atoms with van der Waals surface area (Å²) in [6.45, 7) is 0. The van der Waals surface area contributed by atoms with Gasteiger partial charge in [0.05, 0.1) is 11.7 Å². The minimum Gasteiger partial charge on any atom is -0.388 e. The molecule has 0 spiro atoms. The van der Waals surface area contributed by atoms with Crippen LogP contribution in [0.2, 0.25) is 0 Å². The number of thiophene rings is 1. The number of rotatable bonds is 3. The van der Waals surface area contributed by atoms with E-state index in [1.807, 2.05) is 11.4 Å². The molecular formula is C13H10BrF3OS. The summed E-state index contributed by atoms with van der Waals surface area (Å²) in [4.78, 5) is 0.914. The fourth-order valence-electron chi connectivity index (χ4n) is 1.69. The molecule has 0 aliphatic rings. The lowest BCUT2D eigenvalue weighted by atomic mass is 10.0. The summed E-state index contributed by atoms with van der Waals surface area (Å²) >= 11 is 4.75. The van der Waals surface area contributed by atoms with E-state index in [0.717, 1.165) is 21.5 Å². The number of aliphatic hydroxyl groups excluding tert-OH is 1. The minimum absolute atomic E-state index is 0.277. The first-order valence-electron chi connectivity index (χ1n) is 5.44. The van der Waals surface area contributed by atoms with E-state index in [1.54, 1.807) is 0 Å². The topological polar surface area (TPSA) is 20.2 Å². The first-order valence-corrected chi connectivity index (χ1v) is 7.11. The molecule has 1 aromatic carbocycles. The molecule has 0 fully saturated rings. The molecule has 2 rings (SSSR count). The van der Waals surface area contributed by atoms with Crippen molar-refractivity contribution in [1.82, 2.24) is 0 Å². The van der Waals surface area contributed by atoms with Gasteiger partial charge in [0.15, 0.2) is 0 Å². The Bertz CT molecular complexity index is 565. The zero-order valence-electron chi connectivity index (χ0n) is 9.62. The highest BCUT2D eigenvalue weighted by Gasteiger charge is 2.30. The summed E-state index contributed by atoms with van der Waals surface area (Å²) in [6, 6.07) is 6.65. The SMILES string of the molecule is OC(Cc1cc(Br)cs1)c1cccc(C(F)(F)F)c1. The van der Waals surface area contributed by atoms with Gasteiger partial charge in [-0.05, 0) is 39.7 Å². The normalized spacial score (nSPS) is 13.5. The number of aliphatic hydroxyl groups is 1. The highest BCUT2D eigenvalue weighted by atomic mass is 79.9. The van der Waals surface area contributed by atoms with Crippen molar-refractivity contribution in [2.75, 3.05) is 0 Å². The molecule has 0 saturated carbocycles. The second-order valence-corrected chi connectivity index (χ2v) is 5.99. The number of halogens is 4. The van der Waals surface area contributed by atoms with Gasteiger partial charge in [0.25, 0.3) is 0 Å². The van der Waals surface area contributed by atoms with Gasteiger partial charge in [-0.2, -0.15) is 13.2 Å². The third kappa shape index (κ3) is 3.81. The lowest BCUT2D eigenvalue weighted by Gasteiger charge is -2.13. The minimum atomic E-state index is -4.39. The maximum atomic E-state index is 12.6. The molecule has 0 radical (unpaired) electrons. The Kier molecular flexibility index (Phi) is 4.32. The fraction of sp³-hybridized carbons (Fsp3) is 0.231. The van der Waals surface area contributed by atoms with Crippen molar-refractivity contribution in [1.29, 1.82) is 0 Å². The van der Waals surface area contributed by atoms with Crippen LogP contribution in [0.25, 0.3) is 0 Å². The van der Waals surface area contributed by atoms with E-state index >= 15 is 0 Å². The number of hydrogen-bond donors (Lipinski definition) is 1. The second kappa shape index (κ2) is 5.64. The second-order valence-electron chi connectivity index (χ2n) is 4.07. The van der Waals surface area contributed by atoms with Gasteiger partial charge in [0.2, 0.25) is 0 Å². The standard InChI is InChI=1S/C13H10BrF3OS/c14-10-5-11(19-7-10)6-12(18)8-2-1-3-9(4-8)13(15,16)17/h1-5,7,12,18H,6H2. The lowest BCUT2D eigenvalue weighted by Crippen LogP contribution is -2.07. The van der Waals surface area contributed by atoms with Gasteiger partial charge in [-0.25, -0.2) is 0 Å². The Morgan fingerprint density at radius 1 is 1.26 bits per heavy atom. The van der Waals surface area contributed by atoms with E-state index in [0.29, 0.717) is 6.42 Å². The Hall–Kier alpha value is -0.850. The van der Waals surface area contributed by atoms with Gasteiger partial charge in [0.1, 0.15) is 0 Å². The summed E-state index contributed by atoms with van der Waals surface area (Å²) in [5.41, 5.74) is -0.462. The summed E-state index contributed by atoms with van der Waals surface area (Å²) in [7, 11) is 0. The predicted octanol–water partition coefficient (Wildman–Crippen LogP) is 4.81. The number of benzene rings is 1.